The van der Waals surface area contributed by atoms with Gasteiger partial charge < -0.3 is 10.1 Å². The number of methoxy groups -OCH3 is 1. The lowest BCUT2D eigenvalue weighted by molar-refractivity contribution is 0.129. The third-order valence-corrected chi connectivity index (χ3v) is 2.99. The van der Waals surface area contributed by atoms with Crippen LogP contribution in [0.5, 0.6) is 0 Å². The third kappa shape index (κ3) is 3.09. The van der Waals surface area contributed by atoms with E-state index in [-0.39, 0.29) is 6.10 Å². The Bertz CT molecular complexity index is 506. The molecular formula is C15H19N3O. The summed E-state index contributed by atoms with van der Waals surface area (Å²) in [4.78, 5) is 9.07. The second kappa shape index (κ2) is 6.29. The molecule has 0 saturated heterocycles. The van der Waals surface area contributed by atoms with Crippen molar-refractivity contribution in [1.82, 2.24) is 9.97 Å². The van der Waals surface area contributed by atoms with Crippen molar-refractivity contribution in [1.29, 1.82) is 0 Å². The van der Waals surface area contributed by atoms with Crippen LogP contribution in [0.2, 0.25) is 0 Å². The van der Waals surface area contributed by atoms with Crippen LogP contribution in [-0.4, -0.2) is 24.1 Å². The maximum atomic E-state index is 5.57. The Labute approximate surface area is 113 Å². The van der Waals surface area contributed by atoms with Crippen molar-refractivity contribution in [2.45, 2.75) is 19.4 Å². The molecule has 1 aromatic heterocycles. The van der Waals surface area contributed by atoms with Crippen LogP contribution in [0.25, 0.3) is 0 Å². The molecule has 0 amide bonds. The predicted molar refractivity (Wildman–Crippen MR) is 76.3 cm³/mol. The number of nitrogens with zero attached hydrogens (tertiary/aromatic N) is 2. The lowest BCUT2D eigenvalue weighted by Crippen LogP contribution is -2.11. The highest BCUT2D eigenvalue weighted by Gasteiger charge is 2.17. The highest BCUT2D eigenvalue weighted by molar-refractivity contribution is 5.37. The summed E-state index contributed by atoms with van der Waals surface area (Å²) in [5.41, 5.74) is 2.06. The number of hydrogen-bond acceptors (Lipinski definition) is 4. The van der Waals surface area contributed by atoms with Crippen LogP contribution >= 0.6 is 0 Å². The monoisotopic (exact) mass is 257 g/mol. The SMILES string of the molecule is CCc1cc(NC)nc(C(OC)c2ccccc2)n1. The Morgan fingerprint density at radius 2 is 1.95 bits per heavy atom. The van der Waals surface area contributed by atoms with Gasteiger partial charge in [0.05, 0.1) is 0 Å². The van der Waals surface area contributed by atoms with E-state index in [1.54, 1.807) is 7.11 Å². The number of aryl methyl sites for hydroxylation is 1. The number of aromatic nitrogens is 2. The first-order chi connectivity index (χ1) is 9.28. The molecular weight excluding hydrogens is 238 g/mol. The molecule has 19 heavy (non-hydrogen) atoms. The average molecular weight is 257 g/mol. The molecule has 0 aliphatic rings. The Morgan fingerprint density at radius 3 is 2.53 bits per heavy atom. The van der Waals surface area contributed by atoms with Gasteiger partial charge in [-0.05, 0) is 12.0 Å². The number of rotatable bonds is 5. The first-order valence-corrected chi connectivity index (χ1v) is 6.41. The fourth-order valence-corrected chi connectivity index (χ4v) is 1.96. The summed E-state index contributed by atoms with van der Waals surface area (Å²) >= 11 is 0. The van der Waals surface area contributed by atoms with Crippen molar-refractivity contribution in [3.8, 4) is 0 Å². The van der Waals surface area contributed by atoms with Crippen LogP contribution in [0.15, 0.2) is 36.4 Å². The van der Waals surface area contributed by atoms with E-state index in [1.807, 2.05) is 43.4 Å². The molecule has 1 heterocycles. The topological polar surface area (TPSA) is 47.0 Å². The van der Waals surface area contributed by atoms with Crippen LogP contribution in [0.4, 0.5) is 5.82 Å². The summed E-state index contributed by atoms with van der Waals surface area (Å²) in [6.07, 6.45) is 0.634. The molecule has 0 saturated carbocycles. The third-order valence-electron chi connectivity index (χ3n) is 2.99. The van der Waals surface area contributed by atoms with Crippen LogP contribution < -0.4 is 5.32 Å². The number of benzene rings is 1. The summed E-state index contributed by atoms with van der Waals surface area (Å²) in [5, 5.41) is 3.07. The summed E-state index contributed by atoms with van der Waals surface area (Å²) in [6.45, 7) is 2.08. The molecule has 0 aliphatic heterocycles. The fraction of sp³-hybridized carbons (Fsp3) is 0.333. The van der Waals surface area contributed by atoms with Crippen molar-refractivity contribution in [3.63, 3.8) is 0 Å². The van der Waals surface area contributed by atoms with Gasteiger partial charge in [-0.25, -0.2) is 9.97 Å². The van der Waals surface area contributed by atoms with E-state index in [0.717, 1.165) is 23.5 Å². The molecule has 1 unspecified atom stereocenters. The molecule has 100 valence electrons. The Morgan fingerprint density at radius 1 is 1.21 bits per heavy atom. The van der Waals surface area contributed by atoms with Gasteiger partial charge in [0.15, 0.2) is 5.82 Å². The number of anilines is 1. The molecule has 0 fully saturated rings. The lowest BCUT2D eigenvalue weighted by atomic mass is 10.1. The van der Waals surface area contributed by atoms with Crippen LogP contribution in [0.3, 0.4) is 0 Å². The largest absolute Gasteiger partial charge is 0.373 e. The zero-order chi connectivity index (χ0) is 13.7. The zero-order valence-corrected chi connectivity index (χ0v) is 11.6. The second-order valence-corrected chi connectivity index (χ2v) is 4.23. The molecule has 4 heteroatoms. The molecule has 0 bridgehead atoms. The average Bonchev–Trinajstić information content (AvgIpc) is 2.48. The summed E-state index contributed by atoms with van der Waals surface area (Å²) in [6, 6.07) is 12.0. The lowest BCUT2D eigenvalue weighted by Gasteiger charge is -2.16. The molecule has 1 N–H and O–H groups in total. The molecule has 0 aliphatic carbocycles. The van der Waals surface area contributed by atoms with Crippen LogP contribution in [0.1, 0.15) is 30.1 Å². The minimum Gasteiger partial charge on any atom is -0.373 e. The quantitative estimate of drug-likeness (QED) is 0.894. The van der Waals surface area contributed by atoms with Gasteiger partial charge in [0.25, 0.3) is 0 Å². The van der Waals surface area contributed by atoms with Crippen molar-refractivity contribution < 1.29 is 4.74 Å². The summed E-state index contributed by atoms with van der Waals surface area (Å²) in [5.74, 6) is 1.51. The van der Waals surface area contributed by atoms with Gasteiger partial charge in [0.2, 0.25) is 0 Å². The minimum atomic E-state index is -0.236. The van der Waals surface area contributed by atoms with Crippen LogP contribution in [0, 0.1) is 0 Å². The van der Waals surface area contributed by atoms with Gasteiger partial charge >= 0.3 is 0 Å². The maximum absolute atomic E-state index is 5.57. The first kappa shape index (κ1) is 13.5. The summed E-state index contributed by atoms with van der Waals surface area (Å²) < 4.78 is 5.57. The Hall–Kier alpha value is -1.94. The van der Waals surface area contributed by atoms with Gasteiger partial charge in [-0.1, -0.05) is 37.3 Å². The normalized spacial score (nSPS) is 12.2. The summed E-state index contributed by atoms with van der Waals surface area (Å²) in [7, 11) is 3.54. The Kier molecular flexibility index (Phi) is 4.47. The van der Waals surface area contributed by atoms with Crippen molar-refractivity contribution >= 4 is 5.82 Å². The van der Waals surface area contributed by atoms with E-state index in [0.29, 0.717) is 5.82 Å². The second-order valence-electron chi connectivity index (χ2n) is 4.23. The highest BCUT2D eigenvalue weighted by Crippen LogP contribution is 2.23. The maximum Gasteiger partial charge on any atom is 0.164 e. The smallest absolute Gasteiger partial charge is 0.164 e. The van der Waals surface area contributed by atoms with Crippen molar-refractivity contribution in [2.75, 3.05) is 19.5 Å². The molecule has 1 aromatic carbocycles. The van der Waals surface area contributed by atoms with E-state index < -0.39 is 0 Å². The van der Waals surface area contributed by atoms with Gasteiger partial charge in [-0.3, -0.25) is 0 Å². The minimum absolute atomic E-state index is 0.236. The molecule has 0 radical (unpaired) electrons. The first-order valence-electron chi connectivity index (χ1n) is 6.41. The predicted octanol–water partition coefficient (Wildman–Crippen LogP) is 2.82. The van der Waals surface area contributed by atoms with E-state index in [2.05, 4.69) is 22.2 Å². The molecule has 1 atom stereocenters. The van der Waals surface area contributed by atoms with Gasteiger partial charge in [0.1, 0.15) is 11.9 Å². The zero-order valence-electron chi connectivity index (χ0n) is 11.6. The van der Waals surface area contributed by atoms with Gasteiger partial charge in [-0.15, -0.1) is 0 Å². The highest BCUT2D eigenvalue weighted by atomic mass is 16.5. The molecule has 2 aromatic rings. The number of ether oxygens (including phenoxy) is 1. The number of hydrogen-bond donors (Lipinski definition) is 1. The van der Waals surface area contributed by atoms with Crippen molar-refractivity contribution in [2.24, 2.45) is 0 Å². The van der Waals surface area contributed by atoms with Gasteiger partial charge in [-0.2, -0.15) is 0 Å². The molecule has 4 nitrogen and oxygen atoms in total. The standard InChI is InChI=1S/C15H19N3O/c1-4-12-10-13(16-2)18-15(17-12)14(19-3)11-8-6-5-7-9-11/h5-10,14H,4H2,1-3H3,(H,16,17,18). The molecule has 2 rings (SSSR count). The Balaban J connectivity index is 2.43. The number of nitrogens with one attached hydrogen (secondary N) is 1. The van der Waals surface area contributed by atoms with Crippen molar-refractivity contribution in [3.05, 3.63) is 53.5 Å². The van der Waals surface area contributed by atoms with E-state index >= 15 is 0 Å². The van der Waals surface area contributed by atoms with Crippen LogP contribution in [-0.2, 0) is 11.2 Å². The van der Waals surface area contributed by atoms with E-state index in [1.165, 1.54) is 0 Å². The van der Waals surface area contributed by atoms with E-state index in [9.17, 15) is 0 Å². The molecule has 0 spiro atoms. The van der Waals surface area contributed by atoms with E-state index in [4.69, 9.17) is 4.74 Å². The van der Waals surface area contributed by atoms with Gasteiger partial charge in [0, 0.05) is 25.9 Å². The fourth-order valence-electron chi connectivity index (χ4n) is 1.96.